The molecule has 0 N–H and O–H groups in total. The molecule has 1 aliphatic carbocycles. The molecule has 0 aromatic carbocycles. The van der Waals surface area contributed by atoms with Crippen LogP contribution in [0, 0.1) is 0 Å². The summed E-state index contributed by atoms with van der Waals surface area (Å²) in [5, 5.41) is 0. The lowest BCUT2D eigenvalue weighted by atomic mass is 9.73. The quantitative estimate of drug-likeness (QED) is 0.649. The van der Waals surface area contributed by atoms with Crippen LogP contribution in [0.15, 0.2) is 0 Å². The molecule has 0 aromatic heterocycles. The lowest BCUT2D eigenvalue weighted by Crippen LogP contribution is -2.30. The van der Waals surface area contributed by atoms with Gasteiger partial charge in [0.1, 0.15) is 0 Å². The number of ether oxygens (including phenoxy) is 2. The molecular weight excluding hydrogens is 187 g/mol. The van der Waals surface area contributed by atoms with E-state index < -0.39 is 0 Å². The SMILES string of the molecule is [B]C1CCCCC1OC1CCCCCO1. The Morgan fingerprint density at radius 3 is 2.60 bits per heavy atom. The molecule has 1 heterocycles. The highest BCUT2D eigenvalue weighted by atomic mass is 16.7. The Bertz CT molecular complexity index is 178. The molecule has 3 atom stereocenters. The van der Waals surface area contributed by atoms with Crippen LogP contribution < -0.4 is 0 Å². The maximum Gasteiger partial charge on any atom is 0.157 e. The summed E-state index contributed by atoms with van der Waals surface area (Å²) in [5.41, 5.74) is 0. The zero-order chi connectivity index (χ0) is 10.5. The van der Waals surface area contributed by atoms with Crippen molar-refractivity contribution in [2.45, 2.75) is 69.6 Å². The molecule has 2 fully saturated rings. The van der Waals surface area contributed by atoms with Gasteiger partial charge in [-0.2, -0.15) is 0 Å². The van der Waals surface area contributed by atoms with Crippen LogP contribution in [0.4, 0.5) is 0 Å². The van der Waals surface area contributed by atoms with Crippen molar-refractivity contribution in [1.29, 1.82) is 0 Å². The minimum atomic E-state index is 0.0154. The molecule has 2 aliphatic rings. The van der Waals surface area contributed by atoms with Crippen molar-refractivity contribution in [2.75, 3.05) is 6.61 Å². The van der Waals surface area contributed by atoms with E-state index in [1.54, 1.807) is 0 Å². The van der Waals surface area contributed by atoms with Gasteiger partial charge in [0.15, 0.2) is 6.29 Å². The van der Waals surface area contributed by atoms with Crippen LogP contribution >= 0.6 is 0 Å². The van der Waals surface area contributed by atoms with Crippen LogP contribution in [0.2, 0.25) is 5.82 Å². The lowest BCUT2D eigenvalue weighted by Gasteiger charge is -2.32. The Labute approximate surface area is 94.1 Å². The fraction of sp³-hybridized carbons (Fsp3) is 1.00. The van der Waals surface area contributed by atoms with E-state index in [1.807, 2.05) is 0 Å². The molecule has 0 amide bonds. The average Bonchev–Trinajstić information content (AvgIpc) is 2.50. The second kappa shape index (κ2) is 5.90. The molecule has 2 nitrogen and oxygen atoms in total. The Morgan fingerprint density at radius 1 is 0.933 bits per heavy atom. The van der Waals surface area contributed by atoms with Gasteiger partial charge < -0.3 is 9.47 Å². The van der Waals surface area contributed by atoms with Crippen molar-refractivity contribution in [1.82, 2.24) is 0 Å². The van der Waals surface area contributed by atoms with Crippen molar-refractivity contribution in [3.8, 4) is 0 Å². The van der Waals surface area contributed by atoms with Gasteiger partial charge in [-0.25, -0.2) is 0 Å². The standard InChI is InChI=1S/C12H21BO2/c13-10-6-3-4-7-11(10)15-12-8-2-1-5-9-14-12/h10-12H,1-9H2. The van der Waals surface area contributed by atoms with Gasteiger partial charge in [0, 0.05) is 6.61 Å². The van der Waals surface area contributed by atoms with Crippen molar-refractivity contribution in [3.63, 3.8) is 0 Å². The summed E-state index contributed by atoms with van der Waals surface area (Å²) in [6.45, 7) is 0.854. The maximum atomic E-state index is 6.05. The van der Waals surface area contributed by atoms with Crippen LogP contribution in [0.3, 0.4) is 0 Å². The summed E-state index contributed by atoms with van der Waals surface area (Å²) in [7, 11) is 6.05. The molecule has 0 aromatic rings. The fourth-order valence-electron chi connectivity index (χ4n) is 2.48. The van der Waals surface area contributed by atoms with Crippen molar-refractivity contribution in [2.24, 2.45) is 0 Å². The van der Waals surface area contributed by atoms with E-state index in [0.29, 0.717) is 0 Å². The normalized spacial score (nSPS) is 38.5. The van der Waals surface area contributed by atoms with E-state index in [-0.39, 0.29) is 18.2 Å². The summed E-state index contributed by atoms with van der Waals surface area (Å²) < 4.78 is 11.7. The summed E-state index contributed by atoms with van der Waals surface area (Å²) in [6, 6.07) is 0. The maximum absolute atomic E-state index is 6.05. The average molecular weight is 208 g/mol. The third kappa shape index (κ3) is 3.49. The first-order chi connectivity index (χ1) is 7.36. The van der Waals surface area contributed by atoms with Gasteiger partial charge in [-0.3, -0.25) is 0 Å². The number of rotatable bonds is 2. The predicted molar refractivity (Wildman–Crippen MR) is 61.1 cm³/mol. The minimum Gasteiger partial charge on any atom is -0.353 e. The van der Waals surface area contributed by atoms with Gasteiger partial charge in [-0.15, -0.1) is 0 Å². The molecule has 1 saturated heterocycles. The Hall–Kier alpha value is -0.0151. The van der Waals surface area contributed by atoms with Crippen LogP contribution in [-0.2, 0) is 9.47 Å². The molecular formula is C12H21BO2. The van der Waals surface area contributed by atoms with E-state index in [9.17, 15) is 0 Å². The molecule has 15 heavy (non-hydrogen) atoms. The Balaban J connectivity index is 1.78. The van der Waals surface area contributed by atoms with E-state index in [0.717, 1.165) is 25.9 Å². The minimum absolute atomic E-state index is 0.0154. The molecule has 84 valence electrons. The van der Waals surface area contributed by atoms with Crippen LogP contribution in [0.5, 0.6) is 0 Å². The van der Waals surface area contributed by atoms with Gasteiger partial charge >= 0.3 is 0 Å². The molecule has 1 aliphatic heterocycles. The van der Waals surface area contributed by atoms with Gasteiger partial charge in [-0.1, -0.05) is 31.5 Å². The molecule has 3 unspecified atom stereocenters. The summed E-state index contributed by atoms with van der Waals surface area (Å²) in [5.74, 6) is 0.227. The molecule has 1 saturated carbocycles. The number of hydrogen-bond donors (Lipinski definition) is 0. The fourth-order valence-corrected chi connectivity index (χ4v) is 2.48. The van der Waals surface area contributed by atoms with Gasteiger partial charge in [-0.05, 0) is 25.7 Å². The molecule has 3 heteroatoms. The highest BCUT2D eigenvalue weighted by Crippen LogP contribution is 2.31. The molecule has 2 rings (SSSR count). The third-order valence-corrected chi connectivity index (χ3v) is 3.47. The highest BCUT2D eigenvalue weighted by Gasteiger charge is 2.25. The highest BCUT2D eigenvalue weighted by molar-refractivity contribution is 6.12. The summed E-state index contributed by atoms with van der Waals surface area (Å²) in [4.78, 5) is 0. The van der Waals surface area contributed by atoms with E-state index in [4.69, 9.17) is 17.3 Å². The van der Waals surface area contributed by atoms with Crippen molar-refractivity contribution < 1.29 is 9.47 Å². The second-order valence-electron chi connectivity index (χ2n) is 4.77. The van der Waals surface area contributed by atoms with E-state index in [2.05, 4.69) is 0 Å². The first-order valence-electron chi connectivity index (χ1n) is 6.39. The van der Waals surface area contributed by atoms with Gasteiger partial charge in [0.25, 0.3) is 0 Å². The smallest absolute Gasteiger partial charge is 0.157 e. The Morgan fingerprint density at radius 2 is 1.73 bits per heavy atom. The third-order valence-electron chi connectivity index (χ3n) is 3.47. The zero-order valence-electron chi connectivity index (χ0n) is 9.49. The van der Waals surface area contributed by atoms with E-state index in [1.165, 1.54) is 32.1 Å². The van der Waals surface area contributed by atoms with E-state index >= 15 is 0 Å². The monoisotopic (exact) mass is 208 g/mol. The second-order valence-corrected chi connectivity index (χ2v) is 4.77. The molecule has 0 spiro atoms. The molecule has 2 radical (unpaired) electrons. The first kappa shape index (κ1) is 11.5. The Kier molecular flexibility index (Phi) is 4.51. The largest absolute Gasteiger partial charge is 0.353 e. The van der Waals surface area contributed by atoms with Gasteiger partial charge in [0.05, 0.1) is 14.0 Å². The zero-order valence-corrected chi connectivity index (χ0v) is 9.49. The van der Waals surface area contributed by atoms with Crippen molar-refractivity contribution >= 4 is 7.85 Å². The van der Waals surface area contributed by atoms with Gasteiger partial charge in [0.2, 0.25) is 0 Å². The van der Waals surface area contributed by atoms with Crippen molar-refractivity contribution in [3.05, 3.63) is 0 Å². The number of hydrogen-bond acceptors (Lipinski definition) is 2. The molecule has 0 bridgehead atoms. The summed E-state index contributed by atoms with van der Waals surface area (Å²) >= 11 is 0. The van der Waals surface area contributed by atoms with Crippen LogP contribution in [0.1, 0.15) is 51.4 Å². The lowest BCUT2D eigenvalue weighted by molar-refractivity contribution is -0.174. The topological polar surface area (TPSA) is 18.5 Å². The van der Waals surface area contributed by atoms with Crippen LogP contribution in [0.25, 0.3) is 0 Å². The predicted octanol–water partition coefficient (Wildman–Crippen LogP) is 2.82. The van der Waals surface area contributed by atoms with Crippen LogP contribution in [-0.4, -0.2) is 26.8 Å². The summed E-state index contributed by atoms with van der Waals surface area (Å²) in [6.07, 6.45) is 9.71. The first-order valence-corrected chi connectivity index (χ1v) is 6.39.